The van der Waals surface area contributed by atoms with Crippen LogP contribution >= 0.6 is 0 Å². The summed E-state index contributed by atoms with van der Waals surface area (Å²) >= 11 is 0. The van der Waals surface area contributed by atoms with Gasteiger partial charge in [-0.1, -0.05) is 0 Å². The quantitative estimate of drug-likeness (QED) is 0.893. The van der Waals surface area contributed by atoms with Crippen molar-refractivity contribution in [3.05, 3.63) is 23.7 Å². The van der Waals surface area contributed by atoms with Gasteiger partial charge in [-0.05, 0) is 33.8 Å². The van der Waals surface area contributed by atoms with Crippen LogP contribution in [0.15, 0.2) is 16.7 Å². The normalized spacial score (nSPS) is 14.7. The van der Waals surface area contributed by atoms with Crippen LogP contribution < -0.4 is 5.32 Å². The SMILES string of the molecule is CC(OCc1ccoc1CNC(C)(C)C)C(F)(F)F. The van der Waals surface area contributed by atoms with Crippen molar-refractivity contribution in [2.75, 3.05) is 0 Å². The Labute approximate surface area is 111 Å². The van der Waals surface area contributed by atoms with Gasteiger partial charge in [-0.2, -0.15) is 13.2 Å². The lowest BCUT2D eigenvalue weighted by molar-refractivity contribution is -0.217. The van der Waals surface area contributed by atoms with Crippen molar-refractivity contribution in [3.63, 3.8) is 0 Å². The Morgan fingerprint density at radius 1 is 1.32 bits per heavy atom. The lowest BCUT2D eigenvalue weighted by Gasteiger charge is -2.20. The van der Waals surface area contributed by atoms with Crippen molar-refractivity contribution < 1.29 is 22.3 Å². The molecule has 1 unspecified atom stereocenters. The van der Waals surface area contributed by atoms with E-state index in [1.807, 2.05) is 20.8 Å². The molecule has 1 N–H and O–H groups in total. The molecule has 3 nitrogen and oxygen atoms in total. The van der Waals surface area contributed by atoms with Crippen LogP contribution in [0.4, 0.5) is 13.2 Å². The van der Waals surface area contributed by atoms with E-state index in [2.05, 4.69) is 5.32 Å². The van der Waals surface area contributed by atoms with Crippen LogP contribution in [0.3, 0.4) is 0 Å². The zero-order chi connectivity index (χ0) is 14.7. The Morgan fingerprint density at radius 2 is 1.95 bits per heavy atom. The predicted octanol–water partition coefficient (Wildman–Crippen LogP) is 3.64. The fourth-order valence-electron chi connectivity index (χ4n) is 1.31. The monoisotopic (exact) mass is 279 g/mol. The smallest absolute Gasteiger partial charge is 0.414 e. The molecule has 6 heteroatoms. The predicted molar refractivity (Wildman–Crippen MR) is 65.6 cm³/mol. The molecule has 1 atom stereocenters. The number of nitrogens with one attached hydrogen (secondary N) is 1. The minimum absolute atomic E-state index is 0.0931. The van der Waals surface area contributed by atoms with Gasteiger partial charge in [-0.3, -0.25) is 0 Å². The molecule has 0 fully saturated rings. The molecule has 19 heavy (non-hydrogen) atoms. The first-order valence-corrected chi connectivity index (χ1v) is 6.08. The van der Waals surface area contributed by atoms with Crippen molar-refractivity contribution in [2.45, 2.75) is 58.7 Å². The van der Waals surface area contributed by atoms with Crippen molar-refractivity contribution in [1.29, 1.82) is 0 Å². The highest BCUT2D eigenvalue weighted by Crippen LogP contribution is 2.24. The number of hydrogen-bond donors (Lipinski definition) is 1. The maximum absolute atomic E-state index is 12.3. The second kappa shape index (κ2) is 5.96. The molecule has 0 aromatic carbocycles. The molecule has 0 saturated heterocycles. The molecular formula is C13H20F3NO2. The van der Waals surface area contributed by atoms with Gasteiger partial charge in [-0.25, -0.2) is 0 Å². The van der Waals surface area contributed by atoms with Gasteiger partial charge in [-0.15, -0.1) is 0 Å². The number of rotatable bonds is 5. The average Bonchev–Trinajstić information content (AvgIpc) is 2.68. The minimum atomic E-state index is -4.34. The Hall–Kier alpha value is -1.01. The number of ether oxygens (including phenoxy) is 1. The minimum Gasteiger partial charge on any atom is -0.468 e. The lowest BCUT2D eigenvalue weighted by atomic mass is 10.1. The summed E-state index contributed by atoms with van der Waals surface area (Å²) in [5.41, 5.74) is 0.539. The van der Waals surface area contributed by atoms with Gasteiger partial charge in [0.25, 0.3) is 0 Å². The fourth-order valence-corrected chi connectivity index (χ4v) is 1.31. The van der Waals surface area contributed by atoms with Crippen molar-refractivity contribution in [2.24, 2.45) is 0 Å². The van der Waals surface area contributed by atoms with Gasteiger partial charge in [0.2, 0.25) is 0 Å². The molecule has 0 amide bonds. The first-order valence-electron chi connectivity index (χ1n) is 6.08. The molecule has 0 saturated carbocycles. The van der Waals surface area contributed by atoms with E-state index in [0.29, 0.717) is 17.9 Å². The van der Waals surface area contributed by atoms with Gasteiger partial charge in [0.1, 0.15) is 5.76 Å². The molecule has 0 bridgehead atoms. The zero-order valence-corrected chi connectivity index (χ0v) is 11.6. The molecule has 1 heterocycles. The third kappa shape index (κ3) is 5.65. The molecule has 0 aliphatic rings. The molecular weight excluding hydrogens is 259 g/mol. The van der Waals surface area contributed by atoms with E-state index >= 15 is 0 Å². The molecule has 1 aromatic heterocycles. The summed E-state index contributed by atoms with van der Waals surface area (Å²) in [6, 6.07) is 1.63. The summed E-state index contributed by atoms with van der Waals surface area (Å²) in [4.78, 5) is 0. The maximum Gasteiger partial charge on any atom is 0.414 e. The summed E-state index contributed by atoms with van der Waals surface area (Å²) in [5.74, 6) is 0.601. The van der Waals surface area contributed by atoms with E-state index < -0.39 is 12.3 Å². The van der Waals surface area contributed by atoms with E-state index in [-0.39, 0.29) is 12.1 Å². The Bertz CT molecular complexity index is 393. The lowest BCUT2D eigenvalue weighted by Crippen LogP contribution is -2.35. The number of halogens is 3. The second-order valence-electron chi connectivity index (χ2n) is 5.47. The van der Waals surface area contributed by atoms with E-state index in [0.717, 1.165) is 6.92 Å². The first-order chi connectivity index (χ1) is 8.59. The van der Waals surface area contributed by atoms with Gasteiger partial charge in [0.15, 0.2) is 6.10 Å². The van der Waals surface area contributed by atoms with Crippen molar-refractivity contribution in [1.82, 2.24) is 5.32 Å². The molecule has 0 radical (unpaired) electrons. The third-order valence-corrected chi connectivity index (χ3v) is 2.57. The highest BCUT2D eigenvalue weighted by Gasteiger charge is 2.37. The van der Waals surface area contributed by atoms with Crippen molar-refractivity contribution in [3.8, 4) is 0 Å². The fraction of sp³-hybridized carbons (Fsp3) is 0.692. The second-order valence-corrected chi connectivity index (χ2v) is 5.47. The van der Waals surface area contributed by atoms with Crippen molar-refractivity contribution >= 4 is 0 Å². The van der Waals surface area contributed by atoms with Crippen LogP contribution in [0.1, 0.15) is 39.0 Å². The van der Waals surface area contributed by atoms with Crippen LogP contribution in [0.25, 0.3) is 0 Å². The molecule has 110 valence electrons. The molecule has 0 spiro atoms. The summed E-state index contributed by atoms with van der Waals surface area (Å²) in [6.07, 6.45) is -4.67. The van der Waals surface area contributed by atoms with Crippen LogP contribution in [0.2, 0.25) is 0 Å². The van der Waals surface area contributed by atoms with E-state index in [4.69, 9.17) is 9.15 Å². The van der Waals surface area contributed by atoms with Crippen LogP contribution in [-0.4, -0.2) is 17.8 Å². The van der Waals surface area contributed by atoms with Crippen LogP contribution in [-0.2, 0) is 17.9 Å². The van der Waals surface area contributed by atoms with Gasteiger partial charge in [0.05, 0.1) is 19.4 Å². The number of furan rings is 1. The molecule has 1 rings (SSSR count). The summed E-state index contributed by atoms with van der Waals surface area (Å²) < 4.78 is 47.0. The van der Waals surface area contributed by atoms with Gasteiger partial charge >= 0.3 is 6.18 Å². The maximum atomic E-state index is 12.3. The third-order valence-electron chi connectivity index (χ3n) is 2.57. The topological polar surface area (TPSA) is 34.4 Å². The van der Waals surface area contributed by atoms with Gasteiger partial charge < -0.3 is 14.5 Å². The van der Waals surface area contributed by atoms with E-state index in [9.17, 15) is 13.2 Å². The van der Waals surface area contributed by atoms with Crippen LogP contribution in [0, 0.1) is 0 Å². The van der Waals surface area contributed by atoms with Gasteiger partial charge in [0, 0.05) is 11.1 Å². The average molecular weight is 279 g/mol. The largest absolute Gasteiger partial charge is 0.468 e. The van der Waals surface area contributed by atoms with Crippen LogP contribution in [0.5, 0.6) is 0 Å². The number of alkyl halides is 3. The first kappa shape index (κ1) is 16.0. The van der Waals surface area contributed by atoms with E-state index in [1.165, 1.54) is 6.26 Å². The standard InChI is InChI=1S/C13H20F3NO2/c1-9(13(14,15)16)19-8-10-5-6-18-11(10)7-17-12(2,3)4/h5-6,9,17H,7-8H2,1-4H3. The molecule has 0 aliphatic carbocycles. The molecule has 1 aromatic rings. The Kier molecular flexibility index (Phi) is 5.04. The highest BCUT2D eigenvalue weighted by atomic mass is 19.4. The number of hydrogen-bond acceptors (Lipinski definition) is 3. The van der Waals surface area contributed by atoms with E-state index in [1.54, 1.807) is 6.07 Å². The summed E-state index contributed by atoms with van der Waals surface area (Å²) in [6.45, 7) is 7.33. The summed E-state index contributed by atoms with van der Waals surface area (Å²) in [5, 5.41) is 3.21. The molecule has 0 aliphatic heterocycles. The highest BCUT2D eigenvalue weighted by molar-refractivity contribution is 5.16. The zero-order valence-electron chi connectivity index (χ0n) is 11.6. The Morgan fingerprint density at radius 3 is 2.47 bits per heavy atom. The Balaban J connectivity index is 2.54. The summed E-state index contributed by atoms with van der Waals surface area (Å²) in [7, 11) is 0.